The number of rotatable bonds is 4. The molecule has 2 aromatic heterocycles. The minimum Gasteiger partial charge on any atom is -0.507 e. The minimum absolute atomic E-state index is 0.0414. The molecule has 132 valence electrons. The van der Waals surface area contributed by atoms with Crippen molar-refractivity contribution < 1.29 is 5.11 Å². The lowest BCUT2D eigenvalue weighted by molar-refractivity contribution is 0.477. The lowest BCUT2D eigenvalue weighted by atomic mass is 10.1. The number of H-pyrrole nitrogens is 2. The van der Waals surface area contributed by atoms with Gasteiger partial charge < -0.3 is 15.1 Å². The molecule has 0 saturated carbocycles. The van der Waals surface area contributed by atoms with E-state index in [0.717, 1.165) is 16.9 Å². The summed E-state index contributed by atoms with van der Waals surface area (Å²) >= 11 is 1.29. The van der Waals surface area contributed by atoms with Gasteiger partial charge in [-0.15, -0.1) is 0 Å². The summed E-state index contributed by atoms with van der Waals surface area (Å²) in [6.45, 7) is 0. The number of phenolic OH excluding ortho intramolecular Hbond substituents is 1. The highest BCUT2D eigenvalue weighted by Crippen LogP contribution is 2.30. The van der Waals surface area contributed by atoms with Crippen molar-refractivity contribution in [2.45, 2.75) is 10.9 Å². The highest BCUT2D eigenvalue weighted by atomic mass is 32.2. The van der Waals surface area contributed by atoms with Crippen LogP contribution in [0.2, 0.25) is 0 Å². The van der Waals surface area contributed by atoms with Crippen molar-refractivity contribution in [1.82, 2.24) is 19.9 Å². The molecule has 4 aromatic rings. The predicted octanol–water partition coefficient (Wildman–Crippen LogP) is 3.18. The summed E-state index contributed by atoms with van der Waals surface area (Å²) in [5, 5.41) is 19.7. The van der Waals surface area contributed by atoms with E-state index in [9.17, 15) is 15.2 Å². The fourth-order valence-corrected chi connectivity index (χ4v) is 3.43. The number of thioether (sulfide) groups is 1. The van der Waals surface area contributed by atoms with E-state index in [1.165, 1.54) is 17.8 Å². The molecular formula is C19H13N5O2S. The third kappa shape index (κ3) is 3.28. The number of nitrogens with zero attached hydrogens (tertiary/aromatic N) is 3. The number of nitrogens with one attached hydrogen (secondary N) is 2. The zero-order valence-electron chi connectivity index (χ0n) is 13.9. The fourth-order valence-electron chi connectivity index (χ4n) is 2.70. The number of phenols is 1. The summed E-state index contributed by atoms with van der Waals surface area (Å²) in [6.07, 6.45) is 0. The Morgan fingerprint density at radius 2 is 1.85 bits per heavy atom. The smallest absolute Gasteiger partial charge is 0.270 e. The molecule has 0 aliphatic heterocycles. The number of aromatic hydroxyl groups is 1. The van der Waals surface area contributed by atoms with Gasteiger partial charge in [-0.1, -0.05) is 36.0 Å². The quantitative estimate of drug-likeness (QED) is 0.372. The first-order valence-corrected chi connectivity index (χ1v) is 9.03. The second-order valence-corrected chi connectivity index (χ2v) is 6.68. The van der Waals surface area contributed by atoms with Crippen LogP contribution >= 0.6 is 11.8 Å². The lowest BCUT2D eigenvalue weighted by Crippen LogP contribution is -2.14. The number of hydrogen-bond acceptors (Lipinski definition) is 6. The Balaban J connectivity index is 1.68. The molecule has 4 rings (SSSR count). The maximum absolute atomic E-state index is 12.3. The third-order valence-electron chi connectivity index (χ3n) is 3.95. The highest BCUT2D eigenvalue weighted by molar-refractivity contribution is 7.98. The Labute approximate surface area is 157 Å². The van der Waals surface area contributed by atoms with Gasteiger partial charge in [0.25, 0.3) is 5.56 Å². The maximum Gasteiger partial charge on any atom is 0.270 e. The molecule has 0 fully saturated rings. The van der Waals surface area contributed by atoms with Crippen LogP contribution in [0.5, 0.6) is 5.75 Å². The van der Waals surface area contributed by atoms with Crippen molar-refractivity contribution in [2.24, 2.45) is 0 Å². The summed E-state index contributed by atoms with van der Waals surface area (Å²) in [4.78, 5) is 27.0. The van der Waals surface area contributed by atoms with Gasteiger partial charge in [0.05, 0.1) is 16.8 Å². The Morgan fingerprint density at radius 1 is 1.07 bits per heavy atom. The first kappa shape index (κ1) is 16.9. The van der Waals surface area contributed by atoms with Crippen molar-refractivity contribution in [3.63, 3.8) is 0 Å². The Bertz CT molecular complexity index is 1210. The SMILES string of the molecule is N#Cc1c(-c2ccccc2O)nc(SCc2nc3ccccc3[nH]2)[nH]c1=O. The van der Waals surface area contributed by atoms with Gasteiger partial charge >= 0.3 is 0 Å². The molecule has 0 aliphatic carbocycles. The zero-order chi connectivity index (χ0) is 18.8. The average Bonchev–Trinajstić information content (AvgIpc) is 3.09. The number of hydrogen-bond donors (Lipinski definition) is 3. The topological polar surface area (TPSA) is 118 Å². The second-order valence-electron chi connectivity index (χ2n) is 5.71. The lowest BCUT2D eigenvalue weighted by Gasteiger charge is -2.07. The monoisotopic (exact) mass is 375 g/mol. The number of para-hydroxylation sites is 3. The van der Waals surface area contributed by atoms with Crippen molar-refractivity contribution in [3.8, 4) is 23.1 Å². The summed E-state index contributed by atoms with van der Waals surface area (Å²) in [7, 11) is 0. The Kier molecular flexibility index (Phi) is 4.36. The minimum atomic E-state index is -0.544. The van der Waals surface area contributed by atoms with Gasteiger partial charge in [-0.25, -0.2) is 9.97 Å². The number of aromatic amines is 2. The molecule has 0 unspecified atom stereocenters. The summed E-state index contributed by atoms with van der Waals surface area (Å²) < 4.78 is 0. The first-order valence-electron chi connectivity index (χ1n) is 8.05. The van der Waals surface area contributed by atoms with Gasteiger partial charge in [-0.3, -0.25) is 4.79 Å². The van der Waals surface area contributed by atoms with Crippen LogP contribution in [-0.2, 0) is 5.75 Å². The molecule has 0 saturated heterocycles. The highest BCUT2D eigenvalue weighted by Gasteiger charge is 2.16. The molecule has 0 radical (unpaired) electrons. The standard InChI is InChI=1S/C19H13N5O2S/c20-9-12-17(11-5-1-4-8-15(11)25)23-19(24-18(12)26)27-10-16-21-13-6-2-3-7-14(13)22-16/h1-8,25H,10H2,(H,21,22)(H,23,24,26). The van der Waals surface area contributed by atoms with E-state index >= 15 is 0 Å². The van der Waals surface area contributed by atoms with Gasteiger partial charge in [0.2, 0.25) is 0 Å². The molecule has 27 heavy (non-hydrogen) atoms. The van der Waals surface area contributed by atoms with Crippen LogP contribution in [0.15, 0.2) is 58.5 Å². The molecule has 2 aromatic carbocycles. The van der Waals surface area contributed by atoms with Crippen LogP contribution in [0, 0.1) is 11.3 Å². The van der Waals surface area contributed by atoms with E-state index in [1.807, 2.05) is 30.3 Å². The van der Waals surface area contributed by atoms with E-state index in [1.54, 1.807) is 18.2 Å². The van der Waals surface area contributed by atoms with Crippen LogP contribution in [0.4, 0.5) is 0 Å². The number of nitriles is 1. The average molecular weight is 375 g/mol. The first-order chi connectivity index (χ1) is 13.2. The van der Waals surface area contributed by atoms with E-state index in [-0.39, 0.29) is 17.0 Å². The molecule has 3 N–H and O–H groups in total. The van der Waals surface area contributed by atoms with Crippen molar-refractivity contribution in [1.29, 1.82) is 5.26 Å². The molecule has 8 heteroatoms. The van der Waals surface area contributed by atoms with Gasteiger partial charge in [-0.2, -0.15) is 5.26 Å². The Hall–Kier alpha value is -3.57. The summed E-state index contributed by atoms with van der Waals surface area (Å²) in [6, 6.07) is 16.0. The van der Waals surface area contributed by atoms with E-state index in [4.69, 9.17) is 0 Å². The van der Waals surface area contributed by atoms with Crippen molar-refractivity contribution >= 4 is 22.8 Å². The molecule has 0 bridgehead atoms. The van der Waals surface area contributed by atoms with Crippen LogP contribution in [0.3, 0.4) is 0 Å². The molecular weight excluding hydrogens is 362 g/mol. The largest absolute Gasteiger partial charge is 0.507 e. The normalized spacial score (nSPS) is 10.8. The zero-order valence-corrected chi connectivity index (χ0v) is 14.7. The molecule has 7 nitrogen and oxygen atoms in total. The molecule has 0 amide bonds. The molecule has 0 spiro atoms. The number of aromatic nitrogens is 4. The third-order valence-corrected chi connectivity index (χ3v) is 4.84. The van der Waals surface area contributed by atoms with Gasteiger partial charge in [-0.05, 0) is 24.3 Å². The van der Waals surface area contributed by atoms with Gasteiger partial charge in [0.15, 0.2) is 5.16 Å². The second kappa shape index (κ2) is 6.97. The number of benzene rings is 2. The van der Waals surface area contributed by atoms with Crippen molar-refractivity contribution in [3.05, 3.63) is 70.3 Å². The number of imidazole rings is 1. The Morgan fingerprint density at radius 3 is 2.63 bits per heavy atom. The van der Waals surface area contributed by atoms with E-state index < -0.39 is 5.56 Å². The van der Waals surface area contributed by atoms with Crippen molar-refractivity contribution in [2.75, 3.05) is 0 Å². The van der Waals surface area contributed by atoms with E-state index in [0.29, 0.717) is 16.5 Å². The van der Waals surface area contributed by atoms with Crippen LogP contribution in [0.25, 0.3) is 22.3 Å². The predicted molar refractivity (Wildman–Crippen MR) is 102 cm³/mol. The maximum atomic E-state index is 12.3. The van der Waals surface area contributed by atoms with Gasteiger partial charge in [0.1, 0.15) is 28.9 Å². The van der Waals surface area contributed by atoms with Crippen LogP contribution in [-0.4, -0.2) is 25.0 Å². The molecule has 2 heterocycles. The van der Waals surface area contributed by atoms with Gasteiger partial charge in [0, 0.05) is 5.56 Å². The molecule has 0 aliphatic rings. The fraction of sp³-hybridized carbons (Fsp3) is 0.0526. The van der Waals surface area contributed by atoms with E-state index in [2.05, 4.69) is 19.9 Å². The summed E-state index contributed by atoms with van der Waals surface area (Å²) in [5.74, 6) is 1.17. The molecule has 0 atom stereocenters. The summed E-state index contributed by atoms with van der Waals surface area (Å²) in [5.41, 5.74) is 1.62. The van der Waals surface area contributed by atoms with Crippen LogP contribution < -0.4 is 5.56 Å². The van der Waals surface area contributed by atoms with Crippen LogP contribution in [0.1, 0.15) is 11.4 Å². The number of fused-ring (bicyclic) bond motifs is 1.